The van der Waals surface area contributed by atoms with Gasteiger partial charge < -0.3 is 9.84 Å². The molecule has 1 fully saturated rings. The molecule has 2 unspecified atom stereocenters. The summed E-state index contributed by atoms with van der Waals surface area (Å²) >= 11 is 0. The van der Waals surface area contributed by atoms with Crippen LogP contribution < -0.4 is 0 Å². The molecule has 0 aliphatic carbocycles. The van der Waals surface area contributed by atoms with Crippen molar-refractivity contribution in [1.29, 1.82) is 0 Å². The Bertz CT molecular complexity index is 464. The van der Waals surface area contributed by atoms with E-state index in [0.29, 0.717) is 25.5 Å². The van der Waals surface area contributed by atoms with Crippen LogP contribution in [0.1, 0.15) is 19.4 Å². The van der Waals surface area contributed by atoms with E-state index in [1.54, 1.807) is 0 Å². The van der Waals surface area contributed by atoms with Crippen LogP contribution in [0.15, 0.2) is 30.3 Å². The van der Waals surface area contributed by atoms with E-state index in [2.05, 4.69) is 4.90 Å². The van der Waals surface area contributed by atoms with Crippen LogP contribution in [-0.4, -0.2) is 57.1 Å². The largest absolute Gasteiger partial charge is 0.389 e. The van der Waals surface area contributed by atoms with Crippen molar-refractivity contribution in [3.05, 3.63) is 35.9 Å². The van der Waals surface area contributed by atoms with Crippen LogP contribution in [0.4, 0.5) is 0 Å². The van der Waals surface area contributed by atoms with Crippen LogP contribution in [-0.2, 0) is 22.1 Å². The van der Waals surface area contributed by atoms with Crippen molar-refractivity contribution in [2.75, 3.05) is 32.0 Å². The van der Waals surface area contributed by atoms with E-state index in [9.17, 15) is 9.32 Å². The maximum absolute atomic E-state index is 11.9. The minimum Gasteiger partial charge on any atom is -0.389 e. The molecule has 0 radical (unpaired) electrons. The molecule has 118 valence electrons. The van der Waals surface area contributed by atoms with Crippen LogP contribution >= 0.6 is 0 Å². The second-order valence-electron chi connectivity index (χ2n) is 6.20. The van der Waals surface area contributed by atoms with Gasteiger partial charge in [0, 0.05) is 36.2 Å². The molecule has 4 nitrogen and oxygen atoms in total. The van der Waals surface area contributed by atoms with Gasteiger partial charge in [-0.25, -0.2) is 0 Å². The summed E-state index contributed by atoms with van der Waals surface area (Å²) in [6.07, 6.45) is -0.504. The van der Waals surface area contributed by atoms with Gasteiger partial charge in [0.15, 0.2) is 0 Å². The zero-order chi connectivity index (χ0) is 15.3. The topological polar surface area (TPSA) is 49.8 Å². The van der Waals surface area contributed by atoms with E-state index in [0.717, 1.165) is 18.7 Å². The van der Waals surface area contributed by atoms with Gasteiger partial charge in [-0.05, 0) is 19.4 Å². The van der Waals surface area contributed by atoms with Gasteiger partial charge in [0.25, 0.3) is 0 Å². The Balaban J connectivity index is 1.70. The molecule has 0 saturated carbocycles. The Morgan fingerprint density at radius 2 is 2.10 bits per heavy atom. The van der Waals surface area contributed by atoms with Gasteiger partial charge >= 0.3 is 0 Å². The zero-order valence-corrected chi connectivity index (χ0v) is 13.6. The quantitative estimate of drug-likeness (QED) is 0.863. The molecular formula is C16H25NO3S. The summed E-state index contributed by atoms with van der Waals surface area (Å²) in [5, 5.41) is 10.1. The van der Waals surface area contributed by atoms with Gasteiger partial charge in [0.05, 0.1) is 24.1 Å². The summed E-state index contributed by atoms with van der Waals surface area (Å²) in [6.45, 7) is 7.01. The molecule has 2 atom stereocenters. The first-order chi connectivity index (χ1) is 9.97. The van der Waals surface area contributed by atoms with Gasteiger partial charge in [-0.2, -0.15) is 0 Å². The lowest BCUT2D eigenvalue weighted by atomic mass is 10.1. The fraction of sp³-hybridized carbons (Fsp3) is 0.625. The summed E-state index contributed by atoms with van der Waals surface area (Å²) in [7, 11) is -0.771. The van der Waals surface area contributed by atoms with Crippen molar-refractivity contribution >= 4 is 10.8 Å². The van der Waals surface area contributed by atoms with Gasteiger partial charge in [0.1, 0.15) is 0 Å². The molecule has 1 aromatic rings. The highest BCUT2D eigenvalue weighted by Gasteiger charge is 2.33. The maximum Gasteiger partial charge on any atom is 0.0900 e. The van der Waals surface area contributed by atoms with E-state index in [1.165, 1.54) is 0 Å². The van der Waals surface area contributed by atoms with Crippen molar-refractivity contribution in [1.82, 2.24) is 4.90 Å². The fourth-order valence-electron chi connectivity index (χ4n) is 2.57. The molecular weight excluding hydrogens is 286 g/mol. The van der Waals surface area contributed by atoms with E-state index in [4.69, 9.17) is 4.74 Å². The lowest BCUT2D eigenvalue weighted by molar-refractivity contribution is 0.00910. The molecule has 1 heterocycles. The second kappa shape index (κ2) is 7.49. The Morgan fingerprint density at radius 1 is 1.38 bits per heavy atom. The van der Waals surface area contributed by atoms with Gasteiger partial charge in [0.2, 0.25) is 0 Å². The molecule has 0 spiro atoms. The lowest BCUT2D eigenvalue weighted by Gasteiger charge is -2.38. The first-order valence-electron chi connectivity index (χ1n) is 7.38. The number of aliphatic hydroxyl groups is 1. The molecule has 0 bridgehead atoms. The third-order valence-electron chi connectivity index (χ3n) is 3.70. The van der Waals surface area contributed by atoms with E-state index in [1.807, 2.05) is 44.2 Å². The van der Waals surface area contributed by atoms with Crippen LogP contribution in [0.2, 0.25) is 0 Å². The second-order valence-corrected chi connectivity index (χ2v) is 8.40. The number of ether oxygens (including phenoxy) is 1. The first-order valence-corrected chi connectivity index (χ1v) is 8.70. The number of hydrogen-bond donors (Lipinski definition) is 1. The van der Waals surface area contributed by atoms with Crippen molar-refractivity contribution in [3.8, 4) is 0 Å². The average molecular weight is 311 g/mol. The fourth-order valence-corrected chi connectivity index (χ4v) is 3.87. The Kier molecular flexibility index (Phi) is 5.93. The van der Waals surface area contributed by atoms with Crippen LogP contribution in [0.3, 0.4) is 0 Å². The number of rotatable bonds is 6. The number of nitrogens with zero attached hydrogens (tertiary/aromatic N) is 1. The third-order valence-corrected chi connectivity index (χ3v) is 5.62. The molecule has 5 heteroatoms. The summed E-state index contributed by atoms with van der Waals surface area (Å²) in [6, 6.07) is 9.94. The van der Waals surface area contributed by atoms with Crippen molar-refractivity contribution in [2.24, 2.45) is 0 Å². The van der Waals surface area contributed by atoms with Crippen molar-refractivity contribution < 1.29 is 14.1 Å². The van der Waals surface area contributed by atoms with Crippen LogP contribution in [0.5, 0.6) is 0 Å². The maximum atomic E-state index is 11.9. The Labute approximate surface area is 129 Å². The van der Waals surface area contributed by atoms with Gasteiger partial charge in [-0.1, -0.05) is 30.3 Å². The molecule has 2 rings (SSSR count). The van der Waals surface area contributed by atoms with Crippen molar-refractivity contribution in [2.45, 2.75) is 31.3 Å². The molecule has 0 amide bonds. The third kappa shape index (κ3) is 5.18. The summed E-state index contributed by atoms with van der Waals surface area (Å²) in [5.41, 5.74) is 1.11. The summed E-state index contributed by atoms with van der Waals surface area (Å²) in [4.78, 5) is 2.18. The standard InChI is InChI=1S/C16H25NO3S/c1-16(2)13-17(8-9-21(16)19)10-15(18)12-20-11-14-6-4-3-5-7-14/h3-7,15,18H,8-13H2,1-2H3. The van der Waals surface area contributed by atoms with Crippen LogP contribution in [0, 0.1) is 0 Å². The van der Waals surface area contributed by atoms with E-state index < -0.39 is 16.9 Å². The highest BCUT2D eigenvalue weighted by Crippen LogP contribution is 2.20. The monoisotopic (exact) mass is 311 g/mol. The smallest absolute Gasteiger partial charge is 0.0900 e. The van der Waals surface area contributed by atoms with E-state index >= 15 is 0 Å². The highest BCUT2D eigenvalue weighted by molar-refractivity contribution is 7.86. The highest BCUT2D eigenvalue weighted by atomic mass is 32.2. The van der Waals surface area contributed by atoms with Gasteiger partial charge in [-0.3, -0.25) is 9.11 Å². The normalized spacial score (nSPS) is 23.9. The predicted molar refractivity (Wildman–Crippen MR) is 85.6 cm³/mol. The van der Waals surface area contributed by atoms with E-state index in [-0.39, 0.29) is 4.75 Å². The van der Waals surface area contributed by atoms with Crippen LogP contribution in [0.25, 0.3) is 0 Å². The molecule has 0 aromatic heterocycles. The molecule has 1 aliphatic rings. The molecule has 1 aliphatic heterocycles. The number of benzene rings is 1. The number of hydrogen-bond acceptors (Lipinski definition) is 4. The Morgan fingerprint density at radius 3 is 2.76 bits per heavy atom. The molecule has 1 N–H and O–H groups in total. The number of aliphatic hydroxyl groups excluding tert-OH is 1. The van der Waals surface area contributed by atoms with Crippen molar-refractivity contribution in [3.63, 3.8) is 0 Å². The lowest BCUT2D eigenvalue weighted by Crippen LogP contribution is -2.52. The molecule has 1 aromatic carbocycles. The minimum atomic E-state index is -0.771. The predicted octanol–water partition coefficient (Wildman–Crippen LogP) is 1.41. The minimum absolute atomic E-state index is 0.192. The number of β-amino-alcohol motifs (C(OH)–C–C–N with tert-alkyl or cyclic N) is 1. The first kappa shape index (κ1) is 16.6. The molecule has 21 heavy (non-hydrogen) atoms. The zero-order valence-electron chi connectivity index (χ0n) is 12.8. The Hall–Kier alpha value is -0.750. The summed E-state index contributed by atoms with van der Waals surface area (Å²) < 4.78 is 17.2. The van der Waals surface area contributed by atoms with Gasteiger partial charge in [-0.15, -0.1) is 0 Å². The SMILES string of the molecule is CC1(C)CN(CC(O)COCc2ccccc2)CCS1=O. The average Bonchev–Trinajstić information content (AvgIpc) is 2.44. The summed E-state index contributed by atoms with van der Waals surface area (Å²) in [5.74, 6) is 0.685. The molecule has 1 saturated heterocycles.